The highest BCUT2D eigenvalue weighted by Gasteiger charge is 2.08. The quantitative estimate of drug-likeness (QED) is 0.460. The molecule has 0 saturated heterocycles. The van der Waals surface area contributed by atoms with E-state index in [1.54, 1.807) is 0 Å². The Morgan fingerprint density at radius 2 is 1.91 bits per heavy atom. The Hall–Kier alpha value is 0.0900. The molecule has 0 bridgehead atoms. The first-order valence-corrected chi connectivity index (χ1v) is 5.29. The SMILES string of the molecule is C=C(C)CCSCC(C)(C)C. The first-order chi connectivity index (χ1) is 4.92. The molecule has 0 unspecified atom stereocenters. The van der Waals surface area contributed by atoms with Gasteiger partial charge >= 0.3 is 0 Å². The van der Waals surface area contributed by atoms with Gasteiger partial charge in [0.1, 0.15) is 0 Å². The van der Waals surface area contributed by atoms with Crippen LogP contribution in [0.5, 0.6) is 0 Å². The minimum Gasteiger partial charge on any atom is -0.161 e. The van der Waals surface area contributed by atoms with Crippen molar-refractivity contribution in [1.29, 1.82) is 0 Å². The van der Waals surface area contributed by atoms with Crippen molar-refractivity contribution in [3.63, 3.8) is 0 Å². The van der Waals surface area contributed by atoms with Gasteiger partial charge in [0.2, 0.25) is 0 Å². The van der Waals surface area contributed by atoms with Crippen LogP contribution in [0.15, 0.2) is 12.2 Å². The summed E-state index contributed by atoms with van der Waals surface area (Å²) in [6.45, 7) is 12.8. The number of thioether (sulfide) groups is 1. The Labute approximate surface area is 75.5 Å². The molecule has 0 radical (unpaired) electrons. The Kier molecular flexibility index (Phi) is 4.91. The van der Waals surface area contributed by atoms with Crippen LogP contribution in [0.2, 0.25) is 0 Å². The zero-order valence-corrected chi connectivity index (χ0v) is 9.05. The molecule has 0 nitrogen and oxygen atoms in total. The summed E-state index contributed by atoms with van der Waals surface area (Å²) in [5.74, 6) is 2.48. The highest BCUT2D eigenvalue weighted by molar-refractivity contribution is 7.99. The molecule has 0 rings (SSSR count). The fourth-order valence-corrected chi connectivity index (χ4v) is 1.87. The predicted octanol–water partition coefficient (Wildman–Crippen LogP) is 3.73. The first kappa shape index (κ1) is 11.1. The fourth-order valence-electron chi connectivity index (χ4n) is 0.625. The lowest BCUT2D eigenvalue weighted by atomic mass is 10.0. The third-order valence-corrected chi connectivity index (χ3v) is 2.77. The van der Waals surface area contributed by atoms with E-state index in [1.165, 1.54) is 23.5 Å². The minimum absolute atomic E-state index is 0.472. The molecule has 0 N–H and O–H groups in total. The minimum atomic E-state index is 0.472. The summed E-state index contributed by atoms with van der Waals surface area (Å²) in [6, 6.07) is 0. The van der Waals surface area contributed by atoms with Gasteiger partial charge in [-0.15, -0.1) is 6.58 Å². The lowest BCUT2D eigenvalue weighted by molar-refractivity contribution is 0.481. The van der Waals surface area contributed by atoms with E-state index in [-0.39, 0.29) is 0 Å². The lowest BCUT2D eigenvalue weighted by Crippen LogP contribution is -2.08. The molecule has 11 heavy (non-hydrogen) atoms. The van der Waals surface area contributed by atoms with Crippen molar-refractivity contribution in [3.8, 4) is 0 Å². The molecule has 0 amide bonds. The highest BCUT2D eigenvalue weighted by atomic mass is 32.2. The topological polar surface area (TPSA) is 0 Å². The van der Waals surface area contributed by atoms with E-state index >= 15 is 0 Å². The molecule has 66 valence electrons. The lowest BCUT2D eigenvalue weighted by Gasteiger charge is -2.16. The van der Waals surface area contributed by atoms with Crippen LogP contribution in [0, 0.1) is 5.41 Å². The smallest absolute Gasteiger partial charge is 0.00186 e. The molecule has 1 heteroatoms. The van der Waals surface area contributed by atoms with Crippen molar-refractivity contribution in [2.75, 3.05) is 11.5 Å². The molecule has 0 aromatic carbocycles. The summed E-state index contributed by atoms with van der Waals surface area (Å²) in [7, 11) is 0. The van der Waals surface area contributed by atoms with E-state index in [2.05, 4.69) is 34.3 Å². The first-order valence-electron chi connectivity index (χ1n) is 4.14. The largest absolute Gasteiger partial charge is 0.161 e. The molecule has 0 aliphatic carbocycles. The summed E-state index contributed by atoms with van der Waals surface area (Å²) >= 11 is 2.03. The Morgan fingerprint density at radius 3 is 2.27 bits per heavy atom. The highest BCUT2D eigenvalue weighted by Crippen LogP contribution is 2.21. The second-order valence-corrected chi connectivity index (χ2v) is 5.43. The second-order valence-electron chi connectivity index (χ2n) is 4.32. The molecule has 0 aromatic heterocycles. The van der Waals surface area contributed by atoms with Gasteiger partial charge < -0.3 is 0 Å². The van der Waals surface area contributed by atoms with Crippen LogP contribution in [-0.2, 0) is 0 Å². The van der Waals surface area contributed by atoms with E-state index in [4.69, 9.17) is 0 Å². The maximum Gasteiger partial charge on any atom is -0.00186 e. The van der Waals surface area contributed by atoms with Gasteiger partial charge in [-0.2, -0.15) is 11.8 Å². The number of hydrogen-bond donors (Lipinski definition) is 0. The van der Waals surface area contributed by atoms with Crippen LogP contribution in [0.3, 0.4) is 0 Å². The Bertz CT molecular complexity index is 119. The molecule has 0 aliphatic rings. The molecule has 0 heterocycles. The summed E-state index contributed by atoms with van der Waals surface area (Å²) < 4.78 is 0. The summed E-state index contributed by atoms with van der Waals surface area (Å²) in [5.41, 5.74) is 1.77. The van der Waals surface area contributed by atoms with Crippen molar-refractivity contribution in [1.82, 2.24) is 0 Å². The Balaban J connectivity index is 3.22. The molecule has 0 spiro atoms. The van der Waals surface area contributed by atoms with Gasteiger partial charge in [0, 0.05) is 0 Å². The second kappa shape index (κ2) is 4.87. The summed E-state index contributed by atoms with van der Waals surface area (Å²) in [6.07, 6.45) is 1.17. The molecule has 0 fully saturated rings. The van der Waals surface area contributed by atoms with Crippen LogP contribution < -0.4 is 0 Å². The summed E-state index contributed by atoms with van der Waals surface area (Å²) in [4.78, 5) is 0. The van der Waals surface area contributed by atoms with E-state index in [0.717, 1.165) is 0 Å². The van der Waals surface area contributed by atoms with Crippen LogP contribution in [0.1, 0.15) is 34.1 Å². The number of allylic oxidation sites excluding steroid dienone is 1. The number of rotatable bonds is 4. The molecule has 0 aromatic rings. The van der Waals surface area contributed by atoms with Crippen molar-refractivity contribution in [3.05, 3.63) is 12.2 Å². The molecule has 0 aliphatic heterocycles. The monoisotopic (exact) mass is 172 g/mol. The predicted molar refractivity (Wildman–Crippen MR) is 56.2 cm³/mol. The van der Waals surface area contributed by atoms with Gasteiger partial charge in [-0.05, 0) is 30.3 Å². The zero-order valence-electron chi connectivity index (χ0n) is 8.24. The Morgan fingerprint density at radius 1 is 1.36 bits per heavy atom. The van der Waals surface area contributed by atoms with E-state index in [1.807, 2.05) is 11.8 Å². The molecular formula is C10H20S. The standard InChI is InChI=1S/C10H20S/c1-9(2)6-7-11-8-10(3,4)5/h1,6-8H2,2-5H3. The summed E-state index contributed by atoms with van der Waals surface area (Å²) in [5, 5.41) is 0. The van der Waals surface area contributed by atoms with Crippen LogP contribution in [0.4, 0.5) is 0 Å². The van der Waals surface area contributed by atoms with Crippen LogP contribution >= 0.6 is 11.8 Å². The normalized spacial score (nSPS) is 11.6. The third kappa shape index (κ3) is 10.1. The van der Waals surface area contributed by atoms with Gasteiger partial charge in [-0.25, -0.2) is 0 Å². The maximum absolute atomic E-state index is 3.88. The average Bonchev–Trinajstić information content (AvgIpc) is 1.78. The third-order valence-electron chi connectivity index (χ3n) is 1.21. The van der Waals surface area contributed by atoms with Gasteiger partial charge in [-0.1, -0.05) is 26.3 Å². The van der Waals surface area contributed by atoms with Gasteiger partial charge in [0.15, 0.2) is 0 Å². The van der Waals surface area contributed by atoms with Gasteiger partial charge in [0.25, 0.3) is 0 Å². The van der Waals surface area contributed by atoms with E-state index in [0.29, 0.717) is 5.41 Å². The molecule has 0 saturated carbocycles. The van der Waals surface area contributed by atoms with Gasteiger partial charge in [-0.3, -0.25) is 0 Å². The van der Waals surface area contributed by atoms with Gasteiger partial charge in [0.05, 0.1) is 0 Å². The van der Waals surface area contributed by atoms with Crippen molar-refractivity contribution < 1.29 is 0 Å². The number of hydrogen-bond acceptors (Lipinski definition) is 1. The average molecular weight is 172 g/mol. The van der Waals surface area contributed by atoms with Crippen molar-refractivity contribution >= 4 is 11.8 Å². The zero-order chi connectivity index (χ0) is 8.91. The van der Waals surface area contributed by atoms with Crippen molar-refractivity contribution in [2.24, 2.45) is 5.41 Å². The molecule has 0 atom stereocenters. The fraction of sp³-hybridized carbons (Fsp3) is 0.800. The van der Waals surface area contributed by atoms with Crippen LogP contribution in [0.25, 0.3) is 0 Å². The van der Waals surface area contributed by atoms with E-state index < -0.39 is 0 Å². The molecular weight excluding hydrogens is 152 g/mol. The van der Waals surface area contributed by atoms with Crippen molar-refractivity contribution in [2.45, 2.75) is 34.1 Å². The van der Waals surface area contributed by atoms with Crippen LogP contribution in [-0.4, -0.2) is 11.5 Å². The van der Waals surface area contributed by atoms with E-state index in [9.17, 15) is 0 Å². The maximum atomic E-state index is 3.88.